The zero-order chi connectivity index (χ0) is 16.0. The topological polar surface area (TPSA) is 90.9 Å². The van der Waals surface area contributed by atoms with E-state index in [-0.39, 0.29) is 23.5 Å². The molecule has 0 aromatic carbocycles. The number of likely N-dealkylation sites (tertiary alicyclic amines) is 1. The Bertz CT molecular complexity index is 512. The Morgan fingerprint density at radius 1 is 1.32 bits per heavy atom. The van der Waals surface area contributed by atoms with Crippen molar-refractivity contribution in [2.45, 2.75) is 38.6 Å². The molecule has 0 aromatic rings. The summed E-state index contributed by atoms with van der Waals surface area (Å²) in [4.78, 5) is 18.6. The zero-order valence-corrected chi connectivity index (χ0v) is 14.0. The third-order valence-corrected chi connectivity index (χ3v) is 5.71. The quantitative estimate of drug-likeness (QED) is 0.535. The van der Waals surface area contributed by atoms with E-state index in [9.17, 15) is 13.2 Å². The van der Waals surface area contributed by atoms with E-state index in [1.54, 1.807) is 0 Å². The van der Waals surface area contributed by atoms with Gasteiger partial charge in [-0.2, -0.15) is 0 Å². The van der Waals surface area contributed by atoms with Crippen LogP contribution in [0.5, 0.6) is 0 Å². The number of hydrogen-bond acceptors (Lipinski definition) is 4. The second-order valence-electron chi connectivity index (χ2n) is 5.85. The first-order valence-corrected chi connectivity index (χ1v) is 9.85. The number of aliphatic imine (C=N–C) groups is 1. The third-order valence-electron chi connectivity index (χ3n) is 3.94. The lowest BCUT2D eigenvalue weighted by Gasteiger charge is -2.20. The summed E-state index contributed by atoms with van der Waals surface area (Å²) < 4.78 is 22.7. The molecule has 2 aliphatic rings. The Labute approximate surface area is 132 Å². The highest BCUT2D eigenvalue weighted by Crippen LogP contribution is 2.11. The fraction of sp³-hybridized carbons (Fsp3) is 0.857. The van der Waals surface area contributed by atoms with E-state index in [0.29, 0.717) is 19.4 Å². The molecule has 0 spiro atoms. The van der Waals surface area contributed by atoms with Crippen molar-refractivity contribution in [3.05, 3.63) is 0 Å². The van der Waals surface area contributed by atoms with Crippen LogP contribution in [0.1, 0.15) is 32.6 Å². The van der Waals surface area contributed by atoms with Gasteiger partial charge in [0, 0.05) is 32.1 Å². The molecule has 8 heteroatoms. The van der Waals surface area contributed by atoms with Crippen LogP contribution in [-0.2, 0) is 14.6 Å². The molecule has 0 bridgehead atoms. The maximum atomic E-state index is 11.9. The first kappa shape index (κ1) is 17.1. The van der Waals surface area contributed by atoms with Gasteiger partial charge in [0.2, 0.25) is 5.91 Å². The van der Waals surface area contributed by atoms with Crippen LogP contribution in [0, 0.1) is 0 Å². The van der Waals surface area contributed by atoms with Gasteiger partial charge < -0.3 is 15.5 Å². The standard InChI is InChI=1S/C14H26N4O3S/c1-2-15-14(18-8-3-4-9-18)16-7-5-13(19)17-12-6-10-22(20,21)11-12/h12H,2-11H2,1H3,(H,15,16)(H,17,19). The number of nitrogens with one attached hydrogen (secondary N) is 2. The van der Waals surface area contributed by atoms with Gasteiger partial charge in [-0.05, 0) is 26.2 Å². The predicted molar refractivity (Wildman–Crippen MR) is 86.6 cm³/mol. The molecule has 0 aromatic heterocycles. The molecule has 7 nitrogen and oxygen atoms in total. The van der Waals surface area contributed by atoms with Crippen LogP contribution in [0.2, 0.25) is 0 Å². The Morgan fingerprint density at radius 3 is 2.64 bits per heavy atom. The molecule has 2 saturated heterocycles. The minimum Gasteiger partial charge on any atom is -0.357 e. The summed E-state index contributed by atoms with van der Waals surface area (Å²) in [7, 11) is -2.95. The maximum absolute atomic E-state index is 11.9. The highest BCUT2D eigenvalue weighted by molar-refractivity contribution is 7.91. The van der Waals surface area contributed by atoms with Gasteiger partial charge in [0.25, 0.3) is 0 Å². The van der Waals surface area contributed by atoms with Gasteiger partial charge >= 0.3 is 0 Å². The first-order valence-electron chi connectivity index (χ1n) is 8.03. The number of carbonyl (C=O) groups excluding carboxylic acids is 1. The van der Waals surface area contributed by atoms with Gasteiger partial charge in [-0.3, -0.25) is 9.79 Å². The summed E-state index contributed by atoms with van der Waals surface area (Å²) in [6.45, 7) is 5.28. The summed E-state index contributed by atoms with van der Waals surface area (Å²) in [5.74, 6) is 0.994. The van der Waals surface area contributed by atoms with Crippen LogP contribution in [0.3, 0.4) is 0 Å². The van der Waals surface area contributed by atoms with Crippen LogP contribution < -0.4 is 10.6 Å². The largest absolute Gasteiger partial charge is 0.357 e. The van der Waals surface area contributed by atoms with Crippen molar-refractivity contribution in [2.24, 2.45) is 4.99 Å². The minimum absolute atomic E-state index is 0.0679. The summed E-state index contributed by atoms with van der Waals surface area (Å²) >= 11 is 0. The normalized spacial score (nSPS) is 24.5. The van der Waals surface area contributed by atoms with Crippen molar-refractivity contribution in [2.75, 3.05) is 37.7 Å². The fourth-order valence-electron chi connectivity index (χ4n) is 2.83. The number of guanidine groups is 1. The number of amides is 1. The van der Waals surface area contributed by atoms with Crippen molar-refractivity contribution >= 4 is 21.7 Å². The van der Waals surface area contributed by atoms with Gasteiger partial charge in [0.1, 0.15) is 0 Å². The Kier molecular flexibility index (Phi) is 6.05. The van der Waals surface area contributed by atoms with E-state index in [2.05, 4.69) is 20.5 Å². The molecule has 2 fully saturated rings. The van der Waals surface area contributed by atoms with Gasteiger partial charge in [-0.25, -0.2) is 8.42 Å². The van der Waals surface area contributed by atoms with E-state index in [4.69, 9.17) is 0 Å². The molecule has 126 valence electrons. The van der Waals surface area contributed by atoms with Crippen LogP contribution in [0.15, 0.2) is 4.99 Å². The number of carbonyl (C=O) groups is 1. The molecule has 0 radical (unpaired) electrons. The second-order valence-corrected chi connectivity index (χ2v) is 8.08. The molecule has 0 aliphatic carbocycles. The lowest BCUT2D eigenvalue weighted by molar-refractivity contribution is -0.121. The molecular formula is C14H26N4O3S. The maximum Gasteiger partial charge on any atom is 0.222 e. The molecule has 1 unspecified atom stereocenters. The van der Waals surface area contributed by atoms with Crippen LogP contribution in [0.25, 0.3) is 0 Å². The van der Waals surface area contributed by atoms with E-state index in [0.717, 1.165) is 25.6 Å². The van der Waals surface area contributed by atoms with Crippen LogP contribution >= 0.6 is 0 Å². The SMILES string of the molecule is CCNC(=NCCC(=O)NC1CCS(=O)(=O)C1)N1CCCC1. The van der Waals surface area contributed by atoms with E-state index in [1.807, 2.05) is 6.92 Å². The van der Waals surface area contributed by atoms with Gasteiger partial charge in [-0.1, -0.05) is 0 Å². The van der Waals surface area contributed by atoms with Crippen LogP contribution in [0.4, 0.5) is 0 Å². The van der Waals surface area contributed by atoms with Gasteiger partial charge in [0.05, 0.1) is 18.1 Å². The number of sulfone groups is 1. The van der Waals surface area contributed by atoms with Crippen molar-refractivity contribution < 1.29 is 13.2 Å². The lowest BCUT2D eigenvalue weighted by Crippen LogP contribution is -2.40. The van der Waals surface area contributed by atoms with Gasteiger partial charge in [-0.15, -0.1) is 0 Å². The summed E-state index contributed by atoms with van der Waals surface area (Å²) in [5, 5.41) is 6.04. The van der Waals surface area contributed by atoms with E-state index in [1.165, 1.54) is 12.8 Å². The molecule has 2 aliphatic heterocycles. The Hall–Kier alpha value is -1.31. The molecule has 2 N–H and O–H groups in total. The van der Waals surface area contributed by atoms with Crippen molar-refractivity contribution in [1.29, 1.82) is 0 Å². The zero-order valence-electron chi connectivity index (χ0n) is 13.2. The smallest absolute Gasteiger partial charge is 0.222 e. The average molecular weight is 330 g/mol. The van der Waals surface area contributed by atoms with Crippen molar-refractivity contribution in [3.63, 3.8) is 0 Å². The average Bonchev–Trinajstić information content (AvgIpc) is 3.07. The minimum atomic E-state index is -2.95. The molecule has 2 rings (SSSR count). The monoisotopic (exact) mass is 330 g/mol. The molecule has 1 atom stereocenters. The highest BCUT2D eigenvalue weighted by atomic mass is 32.2. The van der Waals surface area contributed by atoms with Gasteiger partial charge in [0.15, 0.2) is 15.8 Å². The summed E-state index contributed by atoms with van der Waals surface area (Å²) in [5.41, 5.74) is 0. The molecule has 0 saturated carbocycles. The number of hydrogen-bond donors (Lipinski definition) is 2. The van der Waals surface area contributed by atoms with Crippen molar-refractivity contribution in [1.82, 2.24) is 15.5 Å². The lowest BCUT2D eigenvalue weighted by atomic mass is 10.2. The Morgan fingerprint density at radius 2 is 2.05 bits per heavy atom. The number of nitrogens with zero attached hydrogens (tertiary/aromatic N) is 2. The second kappa shape index (κ2) is 7.80. The van der Waals surface area contributed by atoms with Crippen molar-refractivity contribution in [3.8, 4) is 0 Å². The molecule has 1 amide bonds. The van der Waals surface area contributed by atoms with E-state index >= 15 is 0 Å². The van der Waals surface area contributed by atoms with E-state index < -0.39 is 9.84 Å². The molecular weight excluding hydrogens is 304 g/mol. The molecule has 2 heterocycles. The number of rotatable bonds is 5. The third kappa shape index (κ3) is 5.15. The Balaban J connectivity index is 1.75. The predicted octanol–water partition coefficient (Wildman–Crippen LogP) is -0.259. The summed E-state index contributed by atoms with van der Waals surface area (Å²) in [6.07, 6.45) is 3.18. The molecule has 22 heavy (non-hydrogen) atoms. The van der Waals surface area contributed by atoms with Crippen LogP contribution in [-0.4, -0.2) is 68.9 Å². The fourth-order valence-corrected chi connectivity index (χ4v) is 4.50. The summed E-state index contributed by atoms with van der Waals surface area (Å²) in [6, 6.07) is -0.228. The first-order chi connectivity index (χ1) is 10.5. The highest BCUT2D eigenvalue weighted by Gasteiger charge is 2.28.